The van der Waals surface area contributed by atoms with Gasteiger partial charge in [-0.15, -0.1) is 0 Å². The molecule has 0 aliphatic heterocycles. The summed E-state index contributed by atoms with van der Waals surface area (Å²) in [6, 6.07) is 9.55. The van der Waals surface area contributed by atoms with Crippen LogP contribution in [0.2, 0.25) is 5.02 Å². The van der Waals surface area contributed by atoms with Gasteiger partial charge in [0.15, 0.2) is 17.0 Å². The highest BCUT2D eigenvalue weighted by Gasteiger charge is 2.37. The van der Waals surface area contributed by atoms with Crippen molar-refractivity contribution in [3.63, 3.8) is 0 Å². The molecule has 39 heavy (non-hydrogen) atoms. The quantitative estimate of drug-likeness (QED) is 0.159. The highest BCUT2D eigenvalue weighted by molar-refractivity contribution is 6.37. The summed E-state index contributed by atoms with van der Waals surface area (Å²) in [6.07, 6.45) is -7.81. The maximum atomic E-state index is 14.0. The zero-order valence-electron chi connectivity index (χ0n) is 19.5. The predicted octanol–water partition coefficient (Wildman–Crippen LogP) is 5.88. The summed E-state index contributed by atoms with van der Waals surface area (Å²) in [5.74, 6) is -1.15. The predicted molar refractivity (Wildman–Crippen MR) is 128 cm³/mol. The number of halogens is 6. The van der Waals surface area contributed by atoms with Crippen molar-refractivity contribution in [1.82, 2.24) is 14.6 Å². The third-order valence-corrected chi connectivity index (χ3v) is 5.49. The van der Waals surface area contributed by atoms with Gasteiger partial charge in [0.2, 0.25) is 0 Å². The number of rotatable bonds is 8. The number of amides is 1. The van der Waals surface area contributed by atoms with E-state index >= 15 is 0 Å². The number of fused-ring (bicyclic) bond motifs is 1. The highest BCUT2D eigenvalue weighted by atomic mass is 35.5. The summed E-state index contributed by atoms with van der Waals surface area (Å²) < 4.78 is 77.1. The summed E-state index contributed by atoms with van der Waals surface area (Å²) in [4.78, 5) is 27.4. The van der Waals surface area contributed by atoms with Crippen LogP contribution in [0, 0.1) is 10.1 Å². The first kappa shape index (κ1) is 27.5. The molecule has 2 aromatic heterocycles. The number of benzene rings is 2. The minimum absolute atomic E-state index is 0.137. The number of aromatic nitrogens is 3. The molecule has 0 spiro atoms. The Morgan fingerprint density at radius 2 is 1.92 bits per heavy atom. The summed E-state index contributed by atoms with van der Waals surface area (Å²) in [5.41, 5.74) is -3.23. The van der Waals surface area contributed by atoms with Crippen molar-refractivity contribution in [2.24, 2.45) is 0 Å². The fraction of sp³-hybridized carbons (Fsp3) is 0.174. The van der Waals surface area contributed by atoms with Crippen LogP contribution < -0.4 is 14.8 Å². The van der Waals surface area contributed by atoms with Gasteiger partial charge in [0, 0.05) is 17.7 Å². The van der Waals surface area contributed by atoms with E-state index in [9.17, 15) is 36.9 Å². The number of nitro benzene ring substituents is 1. The third-order valence-electron chi connectivity index (χ3n) is 5.14. The van der Waals surface area contributed by atoms with E-state index in [1.807, 2.05) is 0 Å². The second-order valence-corrected chi connectivity index (χ2v) is 8.16. The van der Waals surface area contributed by atoms with Crippen LogP contribution in [0.15, 0.2) is 48.5 Å². The smallest absolute Gasteiger partial charge is 0.433 e. The minimum atomic E-state index is -4.94. The fourth-order valence-corrected chi connectivity index (χ4v) is 3.71. The molecule has 4 aromatic rings. The van der Waals surface area contributed by atoms with Gasteiger partial charge in [-0.25, -0.2) is 18.3 Å². The number of alkyl halides is 5. The van der Waals surface area contributed by atoms with Crippen molar-refractivity contribution in [3.05, 3.63) is 75.1 Å². The van der Waals surface area contributed by atoms with E-state index in [0.717, 1.165) is 24.3 Å². The number of non-ortho nitro benzene ring substituents is 1. The molecule has 2 heterocycles. The Balaban J connectivity index is 1.77. The van der Waals surface area contributed by atoms with E-state index in [4.69, 9.17) is 21.1 Å². The lowest BCUT2D eigenvalue weighted by Gasteiger charge is -2.11. The van der Waals surface area contributed by atoms with Gasteiger partial charge in [-0.2, -0.15) is 18.3 Å². The summed E-state index contributed by atoms with van der Waals surface area (Å²) >= 11 is 6.24. The van der Waals surface area contributed by atoms with Crippen LogP contribution in [-0.4, -0.2) is 45.6 Å². The molecule has 0 fully saturated rings. The Hall–Kier alpha value is -4.53. The zero-order valence-corrected chi connectivity index (χ0v) is 20.3. The van der Waals surface area contributed by atoms with Gasteiger partial charge in [-0.1, -0.05) is 23.7 Å². The molecule has 0 bridgehead atoms. The van der Waals surface area contributed by atoms with Crippen LogP contribution in [0.3, 0.4) is 0 Å². The lowest BCUT2D eigenvalue weighted by atomic mass is 10.1. The van der Waals surface area contributed by atoms with Gasteiger partial charge in [-0.3, -0.25) is 14.9 Å². The number of carbonyl (C=O) groups is 1. The normalized spacial score (nSPS) is 11.6. The van der Waals surface area contributed by atoms with E-state index in [-0.39, 0.29) is 22.7 Å². The molecular formula is C23H15ClF5N5O5. The van der Waals surface area contributed by atoms with E-state index < -0.39 is 57.8 Å². The van der Waals surface area contributed by atoms with Gasteiger partial charge in [0.25, 0.3) is 18.0 Å². The first-order chi connectivity index (χ1) is 18.4. The Morgan fingerprint density at radius 3 is 2.56 bits per heavy atom. The average Bonchev–Trinajstić information content (AvgIpc) is 3.22. The molecule has 0 radical (unpaired) electrons. The van der Waals surface area contributed by atoms with Gasteiger partial charge >= 0.3 is 6.18 Å². The Morgan fingerprint density at radius 1 is 1.18 bits per heavy atom. The van der Waals surface area contributed by atoms with Crippen molar-refractivity contribution >= 4 is 34.5 Å². The second-order valence-electron chi connectivity index (χ2n) is 7.78. The van der Waals surface area contributed by atoms with Gasteiger partial charge in [-0.05, 0) is 18.2 Å². The van der Waals surface area contributed by atoms with E-state index in [1.54, 1.807) is 12.1 Å². The Bertz CT molecular complexity index is 1580. The number of carbonyl (C=O) groups excluding carboxylic acids is 1. The van der Waals surface area contributed by atoms with Crippen LogP contribution in [0.1, 0.15) is 16.2 Å². The molecule has 1 amide bonds. The molecule has 2 aromatic carbocycles. The lowest BCUT2D eigenvalue weighted by Crippen LogP contribution is -2.16. The van der Waals surface area contributed by atoms with Crippen molar-refractivity contribution in [2.45, 2.75) is 12.6 Å². The standard InChI is InChI=1S/C23H15ClF5N5O5/c1-38-14-4-2-3-11(5-14)16-9-17(23(27,28)29)33-21(31-16)19(24)20(32-33)22(35)30-12-6-13(34(36)37)8-15(7-12)39-10-18(25)26/h2-9,18H,10H2,1H3,(H,30,35). The molecular weight excluding hydrogens is 557 g/mol. The topological polar surface area (TPSA) is 121 Å². The molecule has 1 N–H and O–H groups in total. The fourth-order valence-electron chi connectivity index (χ4n) is 3.46. The van der Waals surface area contributed by atoms with Gasteiger partial charge in [0.1, 0.15) is 23.1 Å². The Kier molecular flexibility index (Phi) is 7.53. The minimum Gasteiger partial charge on any atom is -0.497 e. The SMILES string of the molecule is COc1cccc(-c2cc(C(F)(F)F)n3nc(C(=O)Nc4cc(OCC(F)F)cc([N+](=O)[O-])c4)c(Cl)c3n2)c1. The Labute approximate surface area is 220 Å². The largest absolute Gasteiger partial charge is 0.497 e. The molecule has 0 atom stereocenters. The maximum Gasteiger partial charge on any atom is 0.433 e. The van der Waals surface area contributed by atoms with E-state index in [2.05, 4.69) is 15.4 Å². The molecule has 0 saturated carbocycles. The number of nitro groups is 1. The first-order valence-corrected chi connectivity index (χ1v) is 11.1. The third kappa shape index (κ3) is 5.98. The van der Waals surface area contributed by atoms with Crippen molar-refractivity contribution < 1.29 is 41.1 Å². The van der Waals surface area contributed by atoms with Crippen LogP contribution >= 0.6 is 11.6 Å². The monoisotopic (exact) mass is 571 g/mol. The van der Waals surface area contributed by atoms with E-state index in [1.165, 1.54) is 19.2 Å². The molecule has 204 valence electrons. The summed E-state index contributed by atoms with van der Waals surface area (Å²) in [6.45, 7) is -1.08. The molecule has 0 aliphatic carbocycles. The van der Waals surface area contributed by atoms with Crippen molar-refractivity contribution in [2.75, 3.05) is 19.0 Å². The van der Waals surface area contributed by atoms with E-state index in [0.29, 0.717) is 10.3 Å². The number of anilines is 1. The highest BCUT2D eigenvalue weighted by Crippen LogP contribution is 2.35. The molecule has 0 saturated heterocycles. The van der Waals surface area contributed by atoms with Gasteiger partial charge < -0.3 is 14.8 Å². The number of hydrogen-bond donors (Lipinski definition) is 1. The molecule has 0 aliphatic rings. The van der Waals surface area contributed by atoms with Crippen LogP contribution in [0.5, 0.6) is 11.5 Å². The molecule has 10 nitrogen and oxygen atoms in total. The van der Waals surface area contributed by atoms with Crippen LogP contribution in [0.4, 0.5) is 33.3 Å². The van der Waals surface area contributed by atoms with Crippen LogP contribution in [-0.2, 0) is 6.18 Å². The second kappa shape index (κ2) is 10.7. The number of nitrogens with one attached hydrogen (secondary N) is 1. The van der Waals surface area contributed by atoms with Crippen LogP contribution in [0.25, 0.3) is 16.9 Å². The number of nitrogens with zero attached hydrogens (tertiary/aromatic N) is 4. The lowest BCUT2D eigenvalue weighted by molar-refractivity contribution is -0.384. The number of ether oxygens (including phenoxy) is 2. The average molecular weight is 572 g/mol. The molecule has 16 heteroatoms. The van der Waals surface area contributed by atoms with Crippen molar-refractivity contribution in [3.8, 4) is 22.8 Å². The first-order valence-electron chi connectivity index (χ1n) is 10.7. The molecule has 0 unspecified atom stereocenters. The maximum absolute atomic E-state index is 14.0. The molecule has 4 rings (SSSR count). The van der Waals surface area contributed by atoms with Crippen molar-refractivity contribution in [1.29, 1.82) is 0 Å². The summed E-state index contributed by atoms with van der Waals surface area (Å²) in [5, 5.41) is 16.6. The van der Waals surface area contributed by atoms with Gasteiger partial charge in [0.05, 0.1) is 29.5 Å². The number of methoxy groups -OCH3 is 1. The summed E-state index contributed by atoms with van der Waals surface area (Å²) in [7, 11) is 1.38. The number of hydrogen-bond acceptors (Lipinski definition) is 7. The zero-order chi connectivity index (χ0) is 28.5.